The van der Waals surface area contributed by atoms with Crippen molar-refractivity contribution in [1.29, 1.82) is 0 Å². The van der Waals surface area contributed by atoms with Crippen molar-refractivity contribution in [3.8, 4) is 33.4 Å². The molecule has 8 heterocycles. The first-order valence-corrected chi connectivity index (χ1v) is 56.1. The van der Waals surface area contributed by atoms with Gasteiger partial charge in [-0.3, -0.25) is 14.4 Å². The van der Waals surface area contributed by atoms with E-state index < -0.39 is 18.4 Å². The number of carbonyl (C=O) groups excluding carboxylic acids is 3. The number of carbonyl (C=O) groups is 3. The highest BCUT2D eigenvalue weighted by Gasteiger charge is 2.29. The number of benzene rings is 6. The second-order valence-corrected chi connectivity index (χ2v) is 45.6. The summed E-state index contributed by atoms with van der Waals surface area (Å²) in [6.07, 6.45) is 11.2. The zero-order valence-electron chi connectivity index (χ0n) is 96.3. The first kappa shape index (κ1) is 143. The fourth-order valence-electron chi connectivity index (χ4n) is 12.8. The van der Waals surface area contributed by atoms with Crippen LogP contribution in [0, 0.1) is 41.1 Å². The summed E-state index contributed by atoms with van der Waals surface area (Å²) in [4.78, 5) is 51.2. The normalized spacial score (nSPS) is 16.3. The predicted octanol–water partition coefficient (Wildman–Crippen LogP) is 34.1. The van der Waals surface area contributed by atoms with Crippen molar-refractivity contribution < 1.29 is 46.9 Å². The molecule has 5 saturated heterocycles. The molecule has 15 rings (SSSR count). The number of aromatic amines is 1. The van der Waals surface area contributed by atoms with E-state index in [1.54, 1.807) is 120 Å². The van der Waals surface area contributed by atoms with Gasteiger partial charge in [0.05, 0.1) is 53.6 Å². The van der Waals surface area contributed by atoms with Crippen LogP contribution in [0.2, 0.25) is 24.6 Å². The third-order valence-electron chi connectivity index (χ3n) is 22.4. The van der Waals surface area contributed by atoms with Crippen LogP contribution in [0.5, 0.6) is 0 Å². The van der Waals surface area contributed by atoms with Crippen LogP contribution in [0.3, 0.4) is 0 Å². The van der Waals surface area contributed by atoms with Crippen molar-refractivity contribution in [3.63, 3.8) is 0 Å². The van der Waals surface area contributed by atoms with Crippen LogP contribution >= 0.6 is 81.1 Å². The Morgan fingerprint density at radius 3 is 1.08 bits per heavy atom. The maximum atomic E-state index is 15.1. The van der Waals surface area contributed by atoms with E-state index in [9.17, 15) is 23.2 Å². The minimum Gasteiger partial charge on any atom is -0.388 e. The number of Topliss-reactive ketones (excluding diaryl/α,β-unsaturated/α-hetero) is 3. The number of nitrogens with one attached hydrogen (secondary N) is 2. The molecule has 0 unspecified atom stereocenters. The monoisotopic (exact) mass is 2150 g/mol. The van der Waals surface area contributed by atoms with E-state index in [4.69, 9.17) is 94.5 Å². The molecule has 25 heteroatoms. The highest BCUT2D eigenvalue weighted by atomic mass is 35.5. The van der Waals surface area contributed by atoms with Gasteiger partial charge in [-0.15, -0.1) is 23.1 Å². The van der Waals surface area contributed by atoms with Crippen molar-refractivity contribution in [3.05, 3.63) is 238 Å². The third-order valence-corrected chi connectivity index (χ3v) is 25.9. The van der Waals surface area contributed by atoms with E-state index in [-0.39, 0.29) is 74.0 Å². The molecule has 0 bridgehead atoms. The van der Waals surface area contributed by atoms with Gasteiger partial charge < -0.3 is 51.7 Å². The second-order valence-electron chi connectivity index (χ2n) is 41.5. The summed E-state index contributed by atoms with van der Waals surface area (Å²) in [5.74, 6) is 1.90. The Bertz CT molecular complexity index is 4830. The second kappa shape index (κ2) is 73.0. The van der Waals surface area contributed by atoms with Crippen molar-refractivity contribution in [2.24, 2.45) is 40.9 Å². The van der Waals surface area contributed by atoms with Gasteiger partial charge in [0.1, 0.15) is 35.0 Å². The van der Waals surface area contributed by atoms with Gasteiger partial charge in [0.15, 0.2) is 17.3 Å². The van der Waals surface area contributed by atoms with Crippen molar-refractivity contribution in [2.45, 2.75) is 363 Å². The molecule has 6 aromatic carbocycles. The number of nitrogens with two attached hydrogens (primary N) is 3. The molecular formula is C120H190Cl5F3N8O7S2. The van der Waals surface area contributed by atoms with Crippen molar-refractivity contribution >= 4 is 98.5 Å². The number of hydrogen-bond donors (Lipinski definition) is 6. The van der Waals surface area contributed by atoms with Crippen LogP contribution < -0.4 is 22.5 Å². The minimum atomic E-state index is -0.597. The van der Waals surface area contributed by atoms with Gasteiger partial charge in [-0.25, -0.2) is 23.1 Å². The Labute approximate surface area is 911 Å². The number of likely N-dealkylation sites (tertiary alicyclic amines) is 1. The summed E-state index contributed by atoms with van der Waals surface area (Å²) in [5.41, 5.74) is 23.0. The minimum absolute atomic E-state index is 0.0209. The Hall–Kier alpha value is -6.38. The van der Waals surface area contributed by atoms with Gasteiger partial charge in [0.2, 0.25) is 0 Å². The summed E-state index contributed by atoms with van der Waals surface area (Å²) in [6, 6.07) is 41.0. The average molecular weight is 2160 g/mol. The topological polar surface area (TPSA) is 234 Å². The fraction of sp³-hybridized carbons (Fsp3) is 0.575. The summed E-state index contributed by atoms with van der Waals surface area (Å²) < 4.78 is 60.4. The first-order chi connectivity index (χ1) is 67.7. The van der Waals surface area contributed by atoms with Gasteiger partial charge in [-0.05, 0) is 221 Å². The molecule has 145 heavy (non-hydrogen) atoms. The lowest BCUT2D eigenvalue weighted by molar-refractivity contribution is -0.0376. The van der Waals surface area contributed by atoms with E-state index in [1.165, 1.54) is 68.7 Å². The summed E-state index contributed by atoms with van der Waals surface area (Å²) >= 11 is 33.5. The van der Waals surface area contributed by atoms with Crippen LogP contribution in [-0.2, 0) is 46.7 Å². The molecule has 0 radical (unpaired) electrons. The van der Waals surface area contributed by atoms with Gasteiger partial charge in [0.25, 0.3) is 0 Å². The Kier molecular flexibility index (Phi) is 71.8. The Morgan fingerprint density at radius 1 is 0.510 bits per heavy atom. The van der Waals surface area contributed by atoms with Crippen LogP contribution in [0.15, 0.2) is 151 Å². The van der Waals surface area contributed by atoms with Gasteiger partial charge in [0, 0.05) is 118 Å². The summed E-state index contributed by atoms with van der Waals surface area (Å²) in [5, 5.41) is 15.0. The van der Waals surface area contributed by atoms with Gasteiger partial charge >= 0.3 is 0 Å². The lowest BCUT2D eigenvalue weighted by Gasteiger charge is -2.34. The number of rotatable bonds is 11. The zero-order valence-corrected chi connectivity index (χ0v) is 102. The van der Waals surface area contributed by atoms with Crippen LogP contribution in [0.25, 0.3) is 33.4 Å². The molecule has 5 aliphatic heterocycles. The molecule has 820 valence electrons. The SMILES string of the molecule is CC.CC.CC.CC.CC.CC.CC(C)(C)c1ccc(Cl)s1.CC(C)(C)c1cccc(-c2cc(C(=O)CN)ccc2Cl)c1F.CC(C)(C)c1cccc(-c2cc(C(=O)CO)ccc2Cl)c1F.CC(C)(C)c1ncc(Cl)[nH]1.CC(C)[C@H](N)C(=O)c1ccc(Cl)c(-c2cccc(C(C)(C)C)c2F)c1.CC1CC(N)C1.CC1CNC1.CC1COC1.CSc1cccc(C(C)(C)C)n1.C[C@@H]1CCN1C.C[C@@H]1CCO1.C[C@H]1CCO1. The molecule has 1 saturated carbocycles. The molecule has 6 aliphatic rings. The van der Waals surface area contributed by atoms with E-state index in [1.807, 2.05) is 177 Å². The number of thiophene rings is 1. The molecule has 0 amide bonds. The highest BCUT2D eigenvalue weighted by molar-refractivity contribution is 7.98. The number of ketones is 3. The van der Waals surface area contributed by atoms with Crippen molar-refractivity contribution in [1.82, 2.24) is 25.2 Å². The number of nitrogens with zero attached hydrogens (tertiary/aromatic N) is 3. The molecule has 9 N–H and O–H groups in total. The number of imidazole rings is 1. The number of halogens is 8. The molecule has 15 nitrogen and oxygen atoms in total. The van der Waals surface area contributed by atoms with Gasteiger partial charge in [-0.1, -0.05) is 361 Å². The first-order valence-electron chi connectivity index (χ1n) is 52.1. The number of pyridine rings is 1. The van der Waals surface area contributed by atoms with Crippen LogP contribution in [0.4, 0.5) is 13.2 Å². The third kappa shape index (κ3) is 53.4. The zero-order chi connectivity index (χ0) is 113. The predicted molar refractivity (Wildman–Crippen MR) is 627 cm³/mol. The maximum Gasteiger partial charge on any atom is 0.188 e. The Balaban J connectivity index is -0.00000156. The largest absolute Gasteiger partial charge is 0.388 e. The van der Waals surface area contributed by atoms with Gasteiger partial charge in [-0.2, -0.15) is 0 Å². The number of ether oxygens (including phenoxy) is 3. The molecule has 0 spiro atoms. The number of hydrogen-bond acceptors (Lipinski definition) is 16. The maximum absolute atomic E-state index is 15.1. The van der Waals surface area contributed by atoms with Crippen molar-refractivity contribution in [2.75, 3.05) is 72.5 Å². The number of thioether (sulfide) groups is 1. The van der Waals surface area contributed by atoms with E-state index >= 15 is 4.39 Å². The van der Waals surface area contributed by atoms with E-state index in [0.29, 0.717) is 105 Å². The van der Waals surface area contributed by atoms with Crippen LogP contribution in [-0.4, -0.2) is 145 Å². The standard InChI is InChI=1S/C21H25ClFNO.C18H19ClFNO.C18H18ClFO2.C10H15NS.C8H11ClS.C7H11ClN2.2C5H11N.C4H9N.3C4H8O.6C2H6/c1-12(2)19(24)20(25)13-9-10-17(22)15(11-13)14-7-6-8-16(18(14)23)21(3,4)5;2*1-18(2,3)14-6-4-5-12(17(14)20)13-9-11(16(22)10-21)7-8-15(13)19;1-10(2,3)8-6-5-7-9(11-8)12-4;1-8(2,3)6-4-5-7(9)10-6;1-7(2,3)6-9-4-5(8)10-6;1-5-3-4-6(5)2;1-4-2-5(6)3-4;2*1-4-2-5-3-4;2*1-4-2-3-5-4;6*1-2/h6-12,19H,24H2,1-5H3;4-9H,10,21H2,1-3H3;4-9,21H,10H2,1-3H3;5-7H,1-4H3;4-5H,1-3H3;4H,1-3H3,(H,9,10);5H,3-4H2,1-2H3;4-5H,2-3,6H2,1H3;4-5H,2-3H2,1H3;3*4H,2-3H2,1H3;6*1-2H3/t19-;;;;;;5-;;;;2*4-;;;;;;/m0.....1...10....../s1. The molecule has 6 fully saturated rings. The number of H-pyrrole nitrogens is 1. The average Bonchev–Trinajstić information content (AvgIpc) is 1.32. The van der Waals surface area contributed by atoms with E-state index in [0.717, 1.165) is 71.1 Å². The summed E-state index contributed by atoms with van der Waals surface area (Å²) in [6.45, 7) is 84.8. The molecule has 1 aliphatic carbocycles. The molecule has 4 atom stereocenters. The smallest absolute Gasteiger partial charge is 0.188 e. The Morgan fingerprint density at radius 2 is 0.869 bits per heavy atom. The lowest BCUT2D eigenvalue weighted by atomic mass is 9.83. The fourth-order valence-corrected chi connectivity index (χ4v) is 15.1. The van der Waals surface area contributed by atoms with E-state index in [2.05, 4.69) is 161 Å². The molecule has 3 aromatic heterocycles. The molecule has 9 aromatic rings. The quantitative estimate of drug-likeness (QED) is 0.0522. The van der Waals surface area contributed by atoms with Crippen LogP contribution in [0.1, 0.15) is 359 Å². The molecular weight excluding hydrogens is 1960 g/mol. The lowest BCUT2D eigenvalue weighted by Crippen LogP contribution is -2.41. The number of aliphatic hydroxyl groups excluding tert-OH is 1. The highest BCUT2D eigenvalue weighted by Crippen LogP contribution is 2.41. The number of aromatic nitrogens is 3. The summed E-state index contributed by atoms with van der Waals surface area (Å²) in [7, 11) is 2.16. The number of aliphatic hydroxyl groups is 1.